The molecule has 0 aliphatic rings. The van der Waals surface area contributed by atoms with E-state index >= 15 is 0 Å². The summed E-state index contributed by atoms with van der Waals surface area (Å²) in [4.78, 5) is 2.35. The van der Waals surface area contributed by atoms with Gasteiger partial charge in [0.2, 0.25) is 0 Å². The Balaban J connectivity index is 4.25. The summed E-state index contributed by atoms with van der Waals surface area (Å²) in [5, 5.41) is 0. The third kappa shape index (κ3) is 4.10. The quantitative estimate of drug-likeness (QED) is 0.631. The van der Waals surface area contributed by atoms with Gasteiger partial charge < -0.3 is 4.90 Å². The molecule has 0 spiro atoms. The molecular formula is C11H25N. The minimum atomic E-state index is 0.397. The van der Waals surface area contributed by atoms with Crippen LogP contribution in [-0.4, -0.2) is 25.0 Å². The second-order valence-corrected chi connectivity index (χ2v) is 5.47. The smallest absolute Gasteiger partial charge is 0.0140 e. The topological polar surface area (TPSA) is 3.24 Å². The zero-order valence-corrected chi connectivity index (χ0v) is 9.81. The zero-order chi connectivity index (χ0) is 9.94. The lowest BCUT2D eigenvalue weighted by atomic mass is 9.81. The minimum Gasteiger partial charge on any atom is -0.306 e. The van der Waals surface area contributed by atoms with Gasteiger partial charge in [0, 0.05) is 6.04 Å². The molecule has 1 nitrogen and oxygen atoms in total. The van der Waals surface area contributed by atoms with E-state index in [1.807, 2.05) is 0 Å². The van der Waals surface area contributed by atoms with Crippen LogP contribution in [0.1, 0.15) is 41.0 Å². The van der Waals surface area contributed by atoms with E-state index in [1.54, 1.807) is 0 Å². The summed E-state index contributed by atoms with van der Waals surface area (Å²) < 4.78 is 0. The highest BCUT2D eigenvalue weighted by atomic mass is 15.1. The number of hydrogen-bond acceptors (Lipinski definition) is 1. The van der Waals surface area contributed by atoms with Crippen molar-refractivity contribution in [1.82, 2.24) is 4.90 Å². The second-order valence-electron chi connectivity index (χ2n) is 5.47. The van der Waals surface area contributed by atoms with Crippen LogP contribution in [0.4, 0.5) is 0 Å². The van der Waals surface area contributed by atoms with Crippen molar-refractivity contribution >= 4 is 0 Å². The lowest BCUT2D eigenvalue weighted by Crippen LogP contribution is -2.40. The van der Waals surface area contributed by atoms with Gasteiger partial charge in [0.1, 0.15) is 0 Å². The Kier molecular flexibility index (Phi) is 4.25. The van der Waals surface area contributed by atoms with E-state index < -0.39 is 0 Å². The molecule has 0 aliphatic heterocycles. The molecule has 0 rings (SSSR count). The van der Waals surface area contributed by atoms with Gasteiger partial charge >= 0.3 is 0 Å². The fourth-order valence-electron chi connectivity index (χ4n) is 1.79. The Morgan fingerprint density at radius 3 is 1.58 bits per heavy atom. The largest absolute Gasteiger partial charge is 0.306 e. The maximum atomic E-state index is 2.35. The summed E-state index contributed by atoms with van der Waals surface area (Å²) in [5.74, 6) is 0.789. The molecule has 0 aromatic heterocycles. The lowest BCUT2D eigenvalue weighted by Gasteiger charge is -2.37. The third-order valence-corrected chi connectivity index (χ3v) is 2.32. The minimum absolute atomic E-state index is 0.397. The molecule has 0 bridgehead atoms. The van der Waals surface area contributed by atoms with E-state index in [1.165, 1.54) is 6.42 Å². The van der Waals surface area contributed by atoms with Gasteiger partial charge in [-0.15, -0.1) is 0 Å². The van der Waals surface area contributed by atoms with Crippen molar-refractivity contribution in [2.75, 3.05) is 14.1 Å². The van der Waals surface area contributed by atoms with Crippen molar-refractivity contribution in [1.29, 1.82) is 0 Å². The van der Waals surface area contributed by atoms with Gasteiger partial charge in [-0.1, -0.05) is 34.6 Å². The van der Waals surface area contributed by atoms with Gasteiger partial charge in [-0.3, -0.25) is 0 Å². The molecule has 0 fully saturated rings. The molecule has 0 N–H and O–H groups in total. The maximum absolute atomic E-state index is 2.35. The summed E-state index contributed by atoms with van der Waals surface area (Å²) in [6.07, 6.45) is 1.29. The van der Waals surface area contributed by atoms with E-state index in [2.05, 4.69) is 53.6 Å². The standard InChI is InChI=1S/C11H25N/c1-9(2)8-10(12(6)7)11(3,4)5/h9-10H,8H2,1-7H3. The van der Waals surface area contributed by atoms with E-state index in [0.717, 1.165) is 5.92 Å². The summed E-state index contributed by atoms with van der Waals surface area (Å²) in [6, 6.07) is 0.692. The molecular weight excluding hydrogens is 146 g/mol. The van der Waals surface area contributed by atoms with Crippen molar-refractivity contribution in [2.24, 2.45) is 11.3 Å². The van der Waals surface area contributed by atoms with Gasteiger partial charge in [-0.25, -0.2) is 0 Å². The van der Waals surface area contributed by atoms with Crippen LogP contribution >= 0.6 is 0 Å². The van der Waals surface area contributed by atoms with Gasteiger partial charge in [0.15, 0.2) is 0 Å². The van der Waals surface area contributed by atoms with Crippen LogP contribution in [0, 0.1) is 11.3 Å². The van der Waals surface area contributed by atoms with E-state index in [0.29, 0.717) is 11.5 Å². The summed E-state index contributed by atoms with van der Waals surface area (Å²) in [6.45, 7) is 11.5. The van der Waals surface area contributed by atoms with Crippen LogP contribution in [0.25, 0.3) is 0 Å². The predicted molar refractivity (Wildman–Crippen MR) is 56.4 cm³/mol. The van der Waals surface area contributed by atoms with Crippen LogP contribution in [0.5, 0.6) is 0 Å². The van der Waals surface area contributed by atoms with Crippen LogP contribution in [0.15, 0.2) is 0 Å². The maximum Gasteiger partial charge on any atom is 0.0140 e. The number of rotatable bonds is 3. The van der Waals surface area contributed by atoms with Crippen molar-refractivity contribution in [3.8, 4) is 0 Å². The molecule has 1 heteroatoms. The predicted octanol–water partition coefficient (Wildman–Crippen LogP) is 3.01. The van der Waals surface area contributed by atoms with Crippen LogP contribution in [-0.2, 0) is 0 Å². The molecule has 74 valence electrons. The fourth-order valence-corrected chi connectivity index (χ4v) is 1.79. The van der Waals surface area contributed by atoms with Gasteiger partial charge in [-0.2, -0.15) is 0 Å². The summed E-state index contributed by atoms with van der Waals surface area (Å²) in [7, 11) is 4.36. The molecule has 0 saturated heterocycles. The highest BCUT2D eigenvalue weighted by Crippen LogP contribution is 2.27. The first-order valence-corrected chi connectivity index (χ1v) is 4.91. The molecule has 0 saturated carbocycles. The number of hydrogen-bond donors (Lipinski definition) is 0. The van der Waals surface area contributed by atoms with Crippen molar-refractivity contribution in [2.45, 2.75) is 47.1 Å². The Hall–Kier alpha value is -0.0400. The third-order valence-electron chi connectivity index (χ3n) is 2.32. The molecule has 0 radical (unpaired) electrons. The van der Waals surface area contributed by atoms with Gasteiger partial charge in [0.05, 0.1) is 0 Å². The Labute approximate surface area is 78.1 Å². The first-order chi connectivity index (χ1) is 5.25. The normalized spacial score (nSPS) is 15.8. The Morgan fingerprint density at radius 2 is 1.50 bits per heavy atom. The molecule has 12 heavy (non-hydrogen) atoms. The van der Waals surface area contributed by atoms with Crippen LogP contribution in [0.2, 0.25) is 0 Å². The SMILES string of the molecule is CC(C)CC(N(C)C)C(C)(C)C. The second kappa shape index (κ2) is 4.27. The summed E-state index contributed by atoms with van der Waals surface area (Å²) >= 11 is 0. The first-order valence-electron chi connectivity index (χ1n) is 4.91. The average Bonchev–Trinajstić information content (AvgIpc) is 1.79. The zero-order valence-electron chi connectivity index (χ0n) is 9.81. The van der Waals surface area contributed by atoms with E-state index in [9.17, 15) is 0 Å². The Morgan fingerprint density at radius 1 is 1.08 bits per heavy atom. The van der Waals surface area contributed by atoms with Crippen LogP contribution in [0.3, 0.4) is 0 Å². The monoisotopic (exact) mass is 171 g/mol. The van der Waals surface area contributed by atoms with Crippen molar-refractivity contribution in [3.05, 3.63) is 0 Å². The molecule has 0 amide bonds. The van der Waals surface area contributed by atoms with Gasteiger partial charge in [-0.05, 0) is 31.8 Å². The van der Waals surface area contributed by atoms with Gasteiger partial charge in [0.25, 0.3) is 0 Å². The molecule has 0 aromatic rings. The molecule has 1 atom stereocenters. The molecule has 0 aliphatic carbocycles. The molecule has 1 unspecified atom stereocenters. The highest BCUT2D eigenvalue weighted by molar-refractivity contribution is 4.80. The summed E-state index contributed by atoms with van der Waals surface area (Å²) in [5.41, 5.74) is 0.397. The van der Waals surface area contributed by atoms with Crippen molar-refractivity contribution in [3.63, 3.8) is 0 Å². The van der Waals surface area contributed by atoms with E-state index in [-0.39, 0.29) is 0 Å². The van der Waals surface area contributed by atoms with Crippen molar-refractivity contribution < 1.29 is 0 Å². The Bertz CT molecular complexity index is 119. The van der Waals surface area contributed by atoms with E-state index in [4.69, 9.17) is 0 Å². The fraction of sp³-hybridized carbons (Fsp3) is 1.00. The van der Waals surface area contributed by atoms with Crippen LogP contribution < -0.4 is 0 Å². The number of nitrogens with zero attached hydrogens (tertiary/aromatic N) is 1. The highest BCUT2D eigenvalue weighted by Gasteiger charge is 2.26. The lowest BCUT2D eigenvalue weighted by molar-refractivity contribution is 0.129. The molecule has 0 aromatic carbocycles. The first kappa shape index (κ1) is 12.0. The average molecular weight is 171 g/mol. The molecule has 0 heterocycles.